The van der Waals surface area contributed by atoms with Crippen LogP contribution in [-0.2, 0) is 14.8 Å². The minimum Gasteiger partial charge on any atom is -0.423 e. The molecule has 2 aromatic rings. The van der Waals surface area contributed by atoms with Crippen molar-refractivity contribution in [2.75, 3.05) is 13.1 Å². The van der Waals surface area contributed by atoms with Crippen LogP contribution in [0.25, 0.3) is 6.08 Å². The molecule has 0 unspecified atom stereocenters. The Bertz CT molecular complexity index is 973. The van der Waals surface area contributed by atoms with Crippen LogP contribution in [-0.4, -0.2) is 37.6 Å². The van der Waals surface area contributed by atoms with Crippen molar-refractivity contribution in [3.05, 3.63) is 65.7 Å². The first-order chi connectivity index (χ1) is 13.8. The molecular weight excluding hydrogens is 390 g/mol. The summed E-state index contributed by atoms with van der Waals surface area (Å²) in [7, 11) is -3.51. The molecule has 0 aromatic heterocycles. The molecule has 0 aliphatic rings. The summed E-state index contributed by atoms with van der Waals surface area (Å²) < 4.78 is 31.5. The molecule has 0 N–H and O–H groups in total. The molecule has 154 valence electrons. The van der Waals surface area contributed by atoms with E-state index in [4.69, 9.17) is 4.74 Å². The van der Waals surface area contributed by atoms with Gasteiger partial charge in [-0.25, -0.2) is 13.2 Å². The van der Waals surface area contributed by atoms with Crippen LogP contribution in [0.3, 0.4) is 0 Å². The number of sulfonamides is 1. The van der Waals surface area contributed by atoms with Crippen molar-refractivity contribution in [2.24, 2.45) is 0 Å². The number of hydrogen-bond donors (Lipinski definition) is 0. The molecular formula is C22H25NO5S. The molecule has 0 aliphatic heterocycles. The van der Waals surface area contributed by atoms with Crippen LogP contribution < -0.4 is 4.74 Å². The summed E-state index contributed by atoms with van der Waals surface area (Å²) in [5, 5.41) is 0. The lowest BCUT2D eigenvalue weighted by atomic mass is 10.1. The van der Waals surface area contributed by atoms with E-state index >= 15 is 0 Å². The third-order valence-electron chi connectivity index (χ3n) is 4.35. The minimum absolute atomic E-state index is 0.0224. The van der Waals surface area contributed by atoms with Gasteiger partial charge in [-0.05, 0) is 48.0 Å². The van der Waals surface area contributed by atoms with Gasteiger partial charge in [0, 0.05) is 31.1 Å². The van der Waals surface area contributed by atoms with Gasteiger partial charge in [0.2, 0.25) is 10.0 Å². The van der Waals surface area contributed by atoms with Crippen molar-refractivity contribution in [1.29, 1.82) is 0 Å². The summed E-state index contributed by atoms with van der Waals surface area (Å²) in [6.45, 7) is 6.17. The van der Waals surface area contributed by atoms with Crippen molar-refractivity contribution >= 4 is 27.9 Å². The topological polar surface area (TPSA) is 80.8 Å². The summed E-state index contributed by atoms with van der Waals surface area (Å²) in [4.78, 5) is 23.8. The molecule has 2 aromatic carbocycles. The van der Waals surface area contributed by atoms with Crippen molar-refractivity contribution in [2.45, 2.75) is 32.1 Å². The van der Waals surface area contributed by atoms with E-state index in [0.29, 0.717) is 36.4 Å². The number of carbonyl (C=O) groups is 2. The van der Waals surface area contributed by atoms with E-state index in [1.807, 2.05) is 0 Å². The highest BCUT2D eigenvalue weighted by atomic mass is 32.2. The first kappa shape index (κ1) is 22.5. The van der Waals surface area contributed by atoms with Crippen LogP contribution in [0, 0.1) is 0 Å². The Kier molecular flexibility index (Phi) is 7.87. The second-order valence-corrected chi connectivity index (χ2v) is 8.15. The fourth-order valence-corrected chi connectivity index (χ4v) is 4.15. The van der Waals surface area contributed by atoms with E-state index in [2.05, 4.69) is 0 Å². The van der Waals surface area contributed by atoms with E-state index in [1.165, 1.54) is 22.5 Å². The number of ketones is 1. The molecule has 6 nitrogen and oxygen atoms in total. The zero-order chi connectivity index (χ0) is 21.4. The van der Waals surface area contributed by atoms with E-state index in [9.17, 15) is 18.0 Å². The maximum absolute atomic E-state index is 12.5. The van der Waals surface area contributed by atoms with Gasteiger partial charge in [0.1, 0.15) is 5.75 Å². The number of benzene rings is 2. The Labute approximate surface area is 171 Å². The fourth-order valence-electron chi connectivity index (χ4n) is 2.69. The summed E-state index contributed by atoms with van der Waals surface area (Å²) in [6.07, 6.45) is 3.22. The van der Waals surface area contributed by atoms with Gasteiger partial charge in [0.25, 0.3) is 0 Å². The lowest BCUT2D eigenvalue weighted by Crippen LogP contribution is -2.30. The molecule has 0 spiro atoms. The van der Waals surface area contributed by atoms with Crippen molar-refractivity contribution in [3.63, 3.8) is 0 Å². The number of Topliss-reactive ketones (excluding diaryl/α,β-unsaturated/α-hetero) is 1. The van der Waals surface area contributed by atoms with Gasteiger partial charge in [0.15, 0.2) is 5.78 Å². The largest absolute Gasteiger partial charge is 0.423 e. The third kappa shape index (κ3) is 5.85. The molecule has 2 rings (SSSR count). The molecule has 0 saturated carbocycles. The minimum atomic E-state index is -3.51. The Balaban J connectivity index is 2.02. The lowest BCUT2D eigenvalue weighted by Gasteiger charge is -2.18. The maximum Gasteiger partial charge on any atom is 0.336 e. The van der Waals surface area contributed by atoms with Crippen LogP contribution in [0.4, 0.5) is 0 Å². The first-order valence-electron chi connectivity index (χ1n) is 9.45. The molecule has 0 fully saturated rings. The van der Waals surface area contributed by atoms with E-state index < -0.39 is 16.0 Å². The van der Waals surface area contributed by atoms with Gasteiger partial charge in [0.05, 0.1) is 4.90 Å². The molecule has 0 heterocycles. The maximum atomic E-state index is 12.5. The number of carbonyl (C=O) groups excluding carboxylic acids is 2. The standard InChI is InChI=1S/C22H25NO5S/c1-4-21(24)18-10-12-19(13-11-18)28-22(25)16-9-17-7-14-20(15-8-17)29(26,27)23(5-2)6-3/h7-16H,4-6H2,1-3H3/b16-9+. The molecule has 0 bridgehead atoms. The normalized spacial score (nSPS) is 11.7. The zero-order valence-corrected chi connectivity index (χ0v) is 17.6. The predicted molar refractivity (Wildman–Crippen MR) is 112 cm³/mol. The average Bonchev–Trinajstić information content (AvgIpc) is 2.73. The summed E-state index contributed by atoms with van der Waals surface area (Å²) in [5.41, 5.74) is 1.24. The van der Waals surface area contributed by atoms with Gasteiger partial charge in [-0.2, -0.15) is 4.31 Å². The SMILES string of the molecule is CCC(=O)c1ccc(OC(=O)/C=C/c2ccc(S(=O)(=O)N(CC)CC)cc2)cc1. The van der Waals surface area contributed by atoms with Crippen LogP contribution >= 0.6 is 0 Å². The van der Waals surface area contributed by atoms with Crippen molar-refractivity contribution < 1.29 is 22.7 Å². The predicted octanol–water partition coefficient (Wildman–Crippen LogP) is 3.93. The van der Waals surface area contributed by atoms with Gasteiger partial charge < -0.3 is 4.74 Å². The summed E-state index contributed by atoms with van der Waals surface area (Å²) in [6, 6.07) is 12.7. The Morgan fingerprint density at radius 2 is 1.52 bits per heavy atom. The number of ether oxygens (including phenoxy) is 1. The number of esters is 1. The number of hydrogen-bond acceptors (Lipinski definition) is 5. The molecule has 29 heavy (non-hydrogen) atoms. The van der Waals surface area contributed by atoms with Gasteiger partial charge in [-0.3, -0.25) is 4.79 Å². The molecule has 0 amide bonds. The van der Waals surface area contributed by atoms with Crippen LogP contribution in [0.15, 0.2) is 59.5 Å². The second-order valence-electron chi connectivity index (χ2n) is 6.21. The van der Waals surface area contributed by atoms with E-state index in [1.54, 1.807) is 63.2 Å². The van der Waals surface area contributed by atoms with Crippen LogP contribution in [0.5, 0.6) is 5.75 Å². The monoisotopic (exact) mass is 415 g/mol. The number of nitrogens with zero attached hydrogens (tertiary/aromatic N) is 1. The molecule has 7 heteroatoms. The van der Waals surface area contributed by atoms with Crippen LogP contribution in [0.2, 0.25) is 0 Å². The Morgan fingerprint density at radius 1 is 0.931 bits per heavy atom. The second kappa shape index (κ2) is 10.1. The van der Waals surface area contributed by atoms with Gasteiger partial charge in [-0.15, -0.1) is 0 Å². The molecule has 0 radical (unpaired) electrons. The summed E-state index contributed by atoms with van der Waals surface area (Å²) in [5.74, 6) is -0.207. The van der Waals surface area contributed by atoms with E-state index in [-0.39, 0.29) is 10.7 Å². The third-order valence-corrected chi connectivity index (χ3v) is 6.42. The highest BCUT2D eigenvalue weighted by molar-refractivity contribution is 7.89. The molecule has 0 atom stereocenters. The first-order valence-corrected chi connectivity index (χ1v) is 10.9. The summed E-state index contributed by atoms with van der Waals surface area (Å²) >= 11 is 0. The van der Waals surface area contributed by atoms with Crippen molar-refractivity contribution in [3.8, 4) is 5.75 Å². The lowest BCUT2D eigenvalue weighted by molar-refractivity contribution is -0.128. The smallest absolute Gasteiger partial charge is 0.336 e. The Hall–Kier alpha value is -2.77. The van der Waals surface area contributed by atoms with Crippen LogP contribution in [0.1, 0.15) is 43.1 Å². The van der Waals surface area contributed by atoms with Gasteiger partial charge >= 0.3 is 5.97 Å². The highest BCUT2D eigenvalue weighted by Gasteiger charge is 2.20. The zero-order valence-electron chi connectivity index (χ0n) is 16.8. The van der Waals surface area contributed by atoms with Crippen molar-refractivity contribution in [1.82, 2.24) is 4.31 Å². The van der Waals surface area contributed by atoms with E-state index in [0.717, 1.165) is 0 Å². The average molecular weight is 416 g/mol. The number of rotatable bonds is 9. The highest BCUT2D eigenvalue weighted by Crippen LogP contribution is 2.17. The quantitative estimate of drug-likeness (QED) is 0.268. The van der Waals surface area contributed by atoms with Gasteiger partial charge in [-0.1, -0.05) is 32.9 Å². The molecule has 0 saturated heterocycles. The Morgan fingerprint density at radius 3 is 2.03 bits per heavy atom. The molecule has 0 aliphatic carbocycles. The fraction of sp³-hybridized carbons (Fsp3) is 0.273.